The van der Waals surface area contributed by atoms with Gasteiger partial charge in [0.1, 0.15) is 11.7 Å². The van der Waals surface area contributed by atoms with Crippen molar-refractivity contribution in [3.05, 3.63) is 35.4 Å². The number of hydrogen-bond donors (Lipinski definition) is 1. The highest BCUT2D eigenvalue weighted by Gasteiger charge is 2.59. The molecule has 2 atom stereocenters. The van der Waals surface area contributed by atoms with Gasteiger partial charge in [-0.15, -0.1) is 0 Å². The quantitative estimate of drug-likeness (QED) is 0.921. The van der Waals surface area contributed by atoms with Gasteiger partial charge >= 0.3 is 0 Å². The van der Waals surface area contributed by atoms with Crippen LogP contribution in [0, 0.1) is 18.8 Å². The third-order valence-corrected chi connectivity index (χ3v) is 5.16. The fraction of sp³-hybridized carbons (Fsp3) is 0.611. The smallest absolute Gasteiger partial charge is 0.244 e. The highest BCUT2D eigenvalue weighted by atomic mass is 16.2. The van der Waals surface area contributed by atoms with Crippen molar-refractivity contribution in [2.45, 2.75) is 52.2 Å². The molecule has 3 heteroatoms. The number of carbonyl (C=O) groups is 1. The van der Waals surface area contributed by atoms with Crippen LogP contribution in [0.5, 0.6) is 0 Å². The Morgan fingerprint density at radius 1 is 1.24 bits per heavy atom. The summed E-state index contributed by atoms with van der Waals surface area (Å²) in [4.78, 5) is 14.8. The lowest BCUT2D eigenvalue weighted by Crippen LogP contribution is -2.36. The van der Waals surface area contributed by atoms with Gasteiger partial charge in [-0.3, -0.25) is 10.1 Å². The maximum absolute atomic E-state index is 12.8. The molecule has 1 spiro atoms. The van der Waals surface area contributed by atoms with Gasteiger partial charge in [0.05, 0.1) is 0 Å². The van der Waals surface area contributed by atoms with E-state index >= 15 is 0 Å². The zero-order chi connectivity index (χ0) is 15.2. The maximum atomic E-state index is 12.8. The van der Waals surface area contributed by atoms with E-state index in [1.807, 2.05) is 0 Å². The zero-order valence-corrected chi connectivity index (χ0v) is 13.5. The molecule has 2 fully saturated rings. The van der Waals surface area contributed by atoms with E-state index < -0.39 is 0 Å². The predicted octanol–water partition coefficient (Wildman–Crippen LogP) is 3.25. The summed E-state index contributed by atoms with van der Waals surface area (Å²) in [5.41, 5.74) is 2.21. The second kappa shape index (κ2) is 5.13. The number of carbonyl (C=O) groups excluding carboxylic acids is 1. The minimum atomic E-state index is -0.244. The van der Waals surface area contributed by atoms with E-state index in [-0.39, 0.29) is 11.7 Å². The van der Waals surface area contributed by atoms with Gasteiger partial charge in [0, 0.05) is 6.54 Å². The van der Waals surface area contributed by atoms with Gasteiger partial charge in [-0.2, -0.15) is 0 Å². The standard InChI is InChI=1S/C18H26N2O/c1-12(2)14(4)11-20-16(15-7-5-13(3)6-8-15)19-18(9-10-18)17(20)21/h5-8,12,14,16,19H,9-11H2,1-4H3. The molecule has 1 saturated heterocycles. The Morgan fingerprint density at radius 3 is 2.38 bits per heavy atom. The first kappa shape index (κ1) is 14.6. The number of amides is 1. The van der Waals surface area contributed by atoms with E-state index in [0.717, 1.165) is 19.4 Å². The van der Waals surface area contributed by atoms with Crippen LogP contribution < -0.4 is 5.32 Å². The lowest BCUT2D eigenvalue weighted by atomic mass is 9.97. The minimum absolute atomic E-state index is 0.0433. The molecule has 1 amide bonds. The lowest BCUT2D eigenvalue weighted by Gasteiger charge is -2.29. The highest BCUT2D eigenvalue weighted by Crippen LogP contribution is 2.46. The Balaban J connectivity index is 1.86. The Labute approximate surface area is 127 Å². The SMILES string of the molecule is Cc1ccc(C2NC3(CC3)C(=O)N2CC(C)C(C)C)cc1. The van der Waals surface area contributed by atoms with Gasteiger partial charge in [-0.25, -0.2) is 0 Å². The first-order valence-corrected chi connectivity index (χ1v) is 8.08. The van der Waals surface area contributed by atoms with Crippen molar-refractivity contribution in [2.24, 2.45) is 11.8 Å². The molecule has 1 heterocycles. The van der Waals surface area contributed by atoms with Crippen molar-refractivity contribution < 1.29 is 4.79 Å². The monoisotopic (exact) mass is 286 g/mol. The number of hydrogen-bond acceptors (Lipinski definition) is 2. The molecular weight excluding hydrogens is 260 g/mol. The van der Waals surface area contributed by atoms with Crippen LogP contribution in [0.25, 0.3) is 0 Å². The van der Waals surface area contributed by atoms with E-state index in [9.17, 15) is 4.79 Å². The summed E-state index contributed by atoms with van der Waals surface area (Å²) < 4.78 is 0. The van der Waals surface area contributed by atoms with Gasteiger partial charge in [0.15, 0.2) is 0 Å². The first-order chi connectivity index (χ1) is 9.93. The van der Waals surface area contributed by atoms with Crippen LogP contribution in [0.3, 0.4) is 0 Å². The molecule has 114 valence electrons. The van der Waals surface area contributed by atoms with Crippen LogP contribution in [-0.4, -0.2) is 22.9 Å². The summed E-state index contributed by atoms with van der Waals surface area (Å²) in [6.45, 7) is 9.63. The summed E-state index contributed by atoms with van der Waals surface area (Å²) >= 11 is 0. The van der Waals surface area contributed by atoms with Crippen LogP contribution in [0.15, 0.2) is 24.3 Å². The van der Waals surface area contributed by atoms with Crippen molar-refractivity contribution in [3.63, 3.8) is 0 Å². The van der Waals surface area contributed by atoms with Gasteiger partial charge < -0.3 is 4.90 Å². The van der Waals surface area contributed by atoms with Crippen molar-refractivity contribution >= 4 is 5.91 Å². The van der Waals surface area contributed by atoms with Crippen LogP contribution in [0.4, 0.5) is 0 Å². The molecule has 1 aliphatic heterocycles. The van der Waals surface area contributed by atoms with Crippen LogP contribution in [0.1, 0.15) is 50.9 Å². The van der Waals surface area contributed by atoms with Crippen molar-refractivity contribution in [2.75, 3.05) is 6.54 Å². The van der Waals surface area contributed by atoms with E-state index in [1.54, 1.807) is 0 Å². The zero-order valence-electron chi connectivity index (χ0n) is 13.5. The molecule has 1 N–H and O–H groups in total. The summed E-state index contributed by atoms with van der Waals surface area (Å²) in [6.07, 6.45) is 2.02. The molecule has 2 aliphatic rings. The average Bonchev–Trinajstić information content (AvgIpc) is 3.18. The highest BCUT2D eigenvalue weighted by molar-refractivity contribution is 5.92. The van der Waals surface area contributed by atoms with Crippen molar-refractivity contribution in [1.29, 1.82) is 0 Å². The van der Waals surface area contributed by atoms with Gasteiger partial charge in [-0.05, 0) is 37.2 Å². The first-order valence-electron chi connectivity index (χ1n) is 8.08. The minimum Gasteiger partial charge on any atom is -0.321 e. The van der Waals surface area contributed by atoms with Gasteiger partial charge in [0.25, 0.3) is 0 Å². The van der Waals surface area contributed by atoms with E-state index in [0.29, 0.717) is 17.7 Å². The molecule has 0 aromatic heterocycles. The molecule has 0 radical (unpaired) electrons. The van der Waals surface area contributed by atoms with Crippen LogP contribution in [0.2, 0.25) is 0 Å². The van der Waals surface area contributed by atoms with E-state index in [2.05, 4.69) is 62.2 Å². The fourth-order valence-corrected chi connectivity index (χ4v) is 3.00. The number of benzene rings is 1. The van der Waals surface area contributed by atoms with E-state index in [4.69, 9.17) is 0 Å². The molecule has 1 aromatic rings. The largest absolute Gasteiger partial charge is 0.321 e. The number of nitrogens with one attached hydrogen (secondary N) is 1. The molecule has 1 aliphatic carbocycles. The average molecular weight is 286 g/mol. The number of aryl methyl sites for hydroxylation is 1. The Morgan fingerprint density at radius 2 is 1.86 bits per heavy atom. The summed E-state index contributed by atoms with van der Waals surface area (Å²) in [7, 11) is 0. The number of nitrogens with zero attached hydrogens (tertiary/aromatic N) is 1. The second-order valence-corrected chi connectivity index (χ2v) is 7.22. The number of rotatable bonds is 4. The maximum Gasteiger partial charge on any atom is 0.244 e. The molecule has 1 aromatic carbocycles. The van der Waals surface area contributed by atoms with Crippen molar-refractivity contribution in [3.8, 4) is 0 Å². The summed E-state index contributed by atoms with van der Waals surface area (Å²) in [6, 6.07) is 8.55. The van der Waals surface area contributed by atoms with E-state index in [1.165, 1.54) is 11.1 Å². The Bertz CT molecular complexity index is 531. The van der Waals surface area contributed by atoms with Crippen LogP contribution >= 0.6 is 0 Å². The van der Waals surface area contributed by atoms with Gasteiger partial charge in [0.2, 0.25) is 5.91 Å². The van der Waals surface area contributed by atoms with Crippen molar-refractivity contribution in [1.82, 2.24) is 10.2 Å². The Hall–Kier alpha value is -1.35. The molecule has 1 saturated carbocycles. The third kappa shape index (κ3) is 2.59. The molecule has 3 rings (SSSR count). The molecular formula is C18H26N2O. The molecule has 3 nitrogen and oxygen atoms in total. The summed E-state index contributed by atoms with van der Waals surface area (Å²) in [5.74, 6) is 1.41. The topological polar surface area (TPSA) is 32.3 Å². The second-order valence-electron chi connectivity index (χ2n) is 7.22. The normalized spacial score (nSPS) is 24.9. The third-order valence-electron chi connectivity index (χ3n) is 5.16. The fourth-order valence-electron chi connectivity index (χ4n) is 3.00. The Kier molecular flexibility index (Phi) is 3.56. The molecule has 0 bridgehead atoms. The predicted molar refractivity (Wildman–Crippen MR) is 84.7 cm³/mol. The summed E-state index contributed by atoms with van der Waals surface area (Å²) in [5, 5.41) is 3.60. The molecule has 21 heavy (non-hydrogen) atoms. The van der Waals surface area contributed by atoms with Crippen LogP contribution in [-0.2, 0) is 4.79 Å². The van der Waals surface area contributed by atoms with Gasteiger partial charge in [-0.1, -0.05) is 50.6 Å². The lowest BCUT2D eigenvalue weighted by molar-refractivity contribution is -0.131. The molecule has 2 unspecified atom stereocenters.